The van der Waals surface area contributed by atoms with Crippen LogP contribution in [0.15, 0.2) is 12.1 Å². The highest BCUT2D eigenvalue weighted by atomic mass is 35.5. The molecule has 92 valence electrons. The highest BCUT2D eigenvalue weighted by Gasteiger charge is 2.29. The van der Waals surface area contributed by atoms with Crippen molar-refractivity contribution in [2.75, 3.05) is 0 Å². The number of alkyl halides is 2. The minimum atomic E-state index is -3.30. The number of aromatic carboxylic acids is 1. The van der Waals surface area contributed by atoms with Gasteiger partial charge in [0.05, 0.1) is 4.92 Å². The zero-order chi connectivity index (χ0) is 13.2. The fourth-order valence-electron chi connectivity index (χ4n) is 1.13. The Labute approximate surface area is 97.5 Å². The summed E-state index contributed by atoms with van der Waals surface area (Å²) in [6.07, 6.45) is 0. The van der Waals surface area contributed by atoms with E-state index in [4.69, 9.17) is 16.7 Å². The number of nitro groups is 1. The molecule has 17 heavy (non-hydrogen) atoms. The van der Waals surface area contributed by atoms with E-state index in [0.29, 0.717) is 0 Å². The first-order valence-electron chi connectivity index (χ1n) is 3.99. The van der Waals surface area contributed by atoms with Crippen molar-refractivity contribution in [1.82, 2.24) is 0 Å². The number of hydrogen-bond acceptors (Lipinski definition) is 4. The Morgan fingerprint density at radius 2 is 2.12 bits per heavy atom. The lowest BCUT2D eigenvalue weighted by Crippen LogP contribution is -2.10. The molecule has 0 aromatic heterocycles. The quantitative estimate of drug-likeness (QED) is 0.669. The Morgan fingerprint density at radius 1 is 1.53 bits per heavy atom. The lowest BCUT2D eigenvalue weighted by Gasteiger charge is -2.08. The van der Waals surface area contributed by atoms with Crippen LogP contribution in [0.2, 0.25) is 5.02 Å². The molecule has 0 saturated carbocycles. The van der Waals surface area contributed by atoms with Crippen molar-refractivity contribution in [3.63, 3.8) is 0 Å². The SMILES string of the molecule is O=C(O)c1c(OC(F)F)ccc(Cl)c1[N+](=O)[O-]. The van der Waals surface area contributed by atoms with Crippen LogP contribution in [0.1, 0.15) is 10.4 Å². The molecule has 0 saturated heterocycles. The molecule has 0 bridgehead atoms. The highest BCUT2D eigenvalue weighted by molar-refractivity contribution is 6.33. The second-order valence-electron chi connectivity index (χ2n) is 2.71. The van der Waals surface area contributed by atoms with Crippen LogP contribution in [0.3, 0.4) is 0 Å². The summed E-state index contributed by atoms with van der Waals surface area (Å²) in [6.45, 7) is -3.30. The number of nitro benzene ring substituents is 1. The third-order valence-electron chi connectivity index (χ3n) is 1.70. The van der Waals surface area contributed by atoms with E-state index >= 15 is 0 Å². The van der Waals surface area contributed by atoms with E-state index in [0.717, 1.165) is 12.1 Å². The van der Waals surface area contributed by atoms with Crippen molar-refractivity contribution in [2.45, 2.75) is 6.61 Å². The average Bonchev–Trinajstić information content (AvgIpc) is 2.18. The maximum Gasteiger partial charge on any atom is 0.387 e. The van der Waals surface area contributed by atoms with Gasteiger partial charge in [0.15, 0.2) is 5.56 Å². The molecule has 1 rings (SSSR count). The summed E-state index contributed by atoms with van der Waals surface area (Å²) in [7, 11) is 0. The zero-order valence-electron chi connectivity index (χ0n) is 7.89. The van der Waals surface area contributed by atoms with Gasteiger partial charge in [0.25, 0.3) is 0 Å². The highest BCUT2D eigenvalue weighted by Crippen LogP contribution is 2.35. The Kier molecular flexibility index (Phi) is 3.79. The maximum atomic E-state index is 12.0. The summed E-state index contributed by atoms with van der Waals surface area (Å²) >= 11 is 5.43. The van der Waals surface area contributed by atoms with Crippen LogP contribution in [-0.2, 0) is 0 Å². The van der Waals surface area contributed by atoms with Crippen molar-refractivity contribution < 1.29 is 28.3 Å². The van der Waals surface area contributed by atoms with Crippen LogP contribution < -0.4 is 4.74 Å². The van der Waals surface area contributed by atoms with Gasteiger partial charge < -0.3 is 9.84 Å². The molecule has 1 aromatic rings. The van der Waals surface area contributed by atoms with Gasteiger partial charge in [-0.25, -0.2) is 4.79 Å². The van der Waals surface area contributed by atoms with Gasteiger partial charge in [-0.2, -0.15) is 8.78 Å². The summed E-state index contributed by atoms with van der Waals surface area (Å²) in [5.74, 6) is -2.60. The molecule has 0 aliphatic carbocycles. The molecule has 1 aromatic carbocycles. The molecule has 0 unspecified atom stereocenters. The fraction of sp³-hybridized carbons (Fsp3) is 0.125. The summed E-state index contributed by atoms with van der Waals surface area (Å²) in [4.78, 5) is 20.3. The fourth-order valence-corrected chi connectivity index (χ4v) is 1.35. The van der Waals surface area contributed by atoms with Gasteiger partial charge in [-0.1, -0.05) is 11.6 Å². The Balaban J connectivity index is 3.47. The van der Waals surface area contributed by atoms with Gasteiger partial charge in [-0.15, -0.1) is 0 Å². The topological polar surface area (TPSA) is 89.7 Å². The van der Waals surface area contributed by atoms with E-state index in [2.05, 4.69) is 4.74 Å². The van der Waals surface area contributed by atoms with Gasteiger partial charge in [-0.05, 0) is 12.1 Å². The maximum absolute atomic E-state index is 12.0. The molecular weight excluding hydrogens is 264 g/mol. The van der Waals surface area contributed by atoms with Gasteiger partial charge in [-0.3, -0.25) is 10.1 Å². The predicted molar refractivity (Wildman–Crippen MR) is 51.7 cm³/mol. The van der Waals surface area contributed by atoms with Crippen molar-refractivity contribution in [3.8, 4) is 5.75 Å². The summed E-state index contributed by atoms with van der Waals surface area (Å²) in [6, 6.07) is 1.73. The van der Waals surface area contributed by atoms with Gasteiger partial charge >= 0.3 is 18.3 Å². The summed E-state index contributed by atoms with van der Waals surface area (Å²) in [5, 5.41) is 18.9. The van der Waals surface area contributed by atoms with E-state index in [1.807, 2.05) is 0 Å². The molecule has 6 nitrogen and oxygen atoms in total. The normalized spacial score (nSPS) is 10.4. The standard InChI is InChI=1S/C8H4ClF2NO5/c9-3-1-2-4(17-8(10)11)5(7(13)14)6(3)12(15)16/h1-2,8H,(H,13,14). The molecule has 0 amide bonds. The average molecular weight is 268 g/mol. The third-order valence-corrected chi connectivity index (χ3v) is 2.01. The summed E-state index contributed by atoms with van der Waals surface area (Å²) < 4.78 is 27.8. The van der Waals surface area contributed by atoms with Crippen LogP contribution in [0.4, 0.5) is 14.5 Å². The number of carboxylic acids is 1. The summed E-state index contributed by atoms with van der Waals surface area (Å²) in [5.41, 5.74) is -2.00. The molecule has 0 aliphatic rings. The monoisotopic (exact) mass is 267 g/mol. The van der Waals surface area contributed by atoms with E-state index in [9.17, 15) is 23.7 Å². The second kappa shape index (κ2) is 4.91. The van der Waals surface area contributed by atoms with E-state index < -0.39 is 39.5 Å². The van der Waals surface area contributed by atoms with Crippen LogP contribution in [0.5, 0.6) is 5.75 Å². The van der Waals surface area contributed by atoms with Crippen LogP contribution in [0, 0.1) is 10.1 Å². The number of hydrogen-bond donors (Lipinski definition) is 1. The number of benzene rings is 1. The lowest BCUT2D eigenvalue weighted by atomic mass is 10.1. The molecule has 0 spiro atoms. The number of carbonyl (C=O) groups is 1. The van der Waals surface area contributed by atoms with Crippen LogP contribution >= 0.6 is 11.6 Å². The zero-order valence-corrected chi connectivity index (χ0v) is 8.65. The number of halogens is 3. The lowest BCUT2D eigenvalue weighted by molar-refractivity contribution is -0.385. The van der Waals surface area contributed by atoms with Gasteiger partial charge in [0, 0.05) is 0 Å². The van der Waals surface area contributed by atoms with Crippen molar-refractivity contribution in [3.05, 3.63) is 32.8 Å². The molecule has 0 atom stereocenters. The largest absolute Gasteiger partial charge is 0.477 e. The minimum absolute atomic E-state index is 0.478. The van der Waals surface area contributed by atoms with E-state index in [1.54, 1.807) is 0 Å². The molecule has 1 N–H and O–H groups in total. The predicted octanol–water partition coefficient (Wildman–Crippen LogP) is 2.55. The van der Waals surface area contributed by atoms with Crippen molar-refractivity contribution in [2.24, 2.45) is 0 Å². The molecule has 0 fully saturated rings. The number of nitrogens with zero attached hydrogens (tertiary/aromatic N) is 1. The Morgan fingerprint density at radius 3 is 2.53 bits per heavy atom. The van der Waals surface area contributed by atoms with Crippen molar-refractivity contribution >= 4 is 23.3 Å². The van der Waals surface area contributed by atoms with Gasteiger partial charge in [0.2, 0.25) is 0 Å². The number of ether oxygens (including phenoxy) is 1. The molecule has 0 aliphatic heterocycles. The minimum Gasteiger partial charge on any atom is -0.477 e. The van der Waals surface area contributed by atoms with Crippen LogP contribution in [0.25, 0.3) is 0 Å². The van der Waals surface area contributed by atoms with Crippen LogP contribution in [-0.4, -0.2) is 22.6 Å². The third kappa shape index (κ3) is 2.78. The first kappa shape index (κ1) is 13.1. The Bertz CT molecular complexity index is 479. The number of carboxylic acid groups (broad SMARTS) is 1. The second-order valence-corrected chi connectivity index (χ2v) is 3.12. The number of rotatable bonds is 4. The first-order valence-corrected chi connectivity index (χ1v) is 4.37. The van der Waals surface area contributed by atoms with Gasteiger partial charge in [0.1, 0.15) is 10.8 Å². The van der Waals surface area contributed by atoms with E-state index in [1.165, 1.54) is 0 Å². The smallest absolute Gasteiger partial charge is 0.387 e. The molecule has 0 radical (unpaired) electrons. The molecule has 9 heteroatoms. The van der Waals surface area contributed by atoms with Crippen molar-refractivity contribution in [1.29, 1.82) is 0 Å². The van der Waals surface area contributed by atoms with E-state index in [-0.39, 0.29) is 0 Å². The molecular formula is C8H4ClF2NO5. The first-order chi connectivity index (χ1) is 7.84. The Hall–Kier alpha value is -1.96. The molecule has 0 heterocycles.